The zero-order chi connectivity index (χ0) is 21.3. The Bertz CT molecular complexity index is 616. The fourth-order valence-electron chi connectivity index (χ4n) is 3.11. The van der Waals surface area contributed by atoms with E-state index < -0.39 is 0 Å². The lowest BCUT2D eigenvalue weighted by Crippen LogP contribution is -2.44. The number of hydrogen-bond donors (Lipinski definition) is 2. The van der Waals surface area contributed by atoms with E-state index >= 15 is 0 Å². The van der Waals surface area contributed by atoms with Crippen LogP contribution in [-0.4, -0.2) is 24.2 Å². The summed E-state index contributed by atoms with van der Waals surface area (Å²) in [5, 5.41) is 12.8. The molecule has 0 saturated heterocycles. The second-order valence-electron chi connectivity index (χ2n) is 8.35. The van der Waals surface area contributed by atoms with E-state index in [0.717, 1.165) is 25.9 Å². The summed E-state index contributed by atoms with van der Waals surface area (Å²) >= 11 is 3.74. The topological polar surface area (TPSA) is 24.1 Å². The average Bonchev–Trinajstić information content (AvgIpc) is 3.38. The van der Waals surface area contributed by atoms with Gasteiger partial charge in [0, 0.05) is 20.8 Å². The maximum Gasteiger partial charge on any atom is 0.0679 e. The van der Waals surface area contributed by atoms with Crippen molar-refractivity contribution in [3.63, 3.8) is 0 Å². The molecule has 2 nitrogen and oxygen atoms in total. The molecule has 2 N–H and O–H groups in total. The summed E-state index contributed by atoms with van der Waals surface area (Å²) in [6.45, 7) is 15.9. The molecule has 0 aliphatic carbocycles. The average molecular weight is 525 g/mol. The van der Waals surface area contributed by atoms with Gasteiger partial charge in [-0.25, -0.2) is 0 Å². The minimum absolute atomic E-state index is 0. The van der Waals surface area contributed by atoms with Crippen molar-refractivity contribution in [2.45, 2.75) is 76.0 Å². The highest BCUT2D eigenvalue weighted by Crippen LogP contribution is 2.56. The van der Waals surface area contributed by atoms with Crippen molar-refractivity contribution in [3.05, 3.63) is 44.8 Å². The van der Waals surface area contributed by atoms with Gasteiger partial charge in [-0.05, 0) is 86.3 Å². The summed E-state index contributed by atoms with van der Waals surface area (Å²) < 4.78 is 0. The van der Waals surface area contributed by atoms with Crippen LogP contribution in [0.15, 0.2) is 35.0 Å². The van der Waals surface area contributed by atoms with E-state index in [1.165, 1.54) is 9.75 Å². The standard InChI is InChI=1S/C22H36N2S5.ClH/c1-7-13-23-21(3,4)19(17-11-9-15-25-17)27-29-28-20(18-12-10-16-26-18)22(5,6)24-14-8-2;/h9-12,15-16,19-20,23-24H,7-8,13-14H2,1-6H3;1H. The molecule has 172 valence electrons. The largest absolute Gasteiger partial charge is 0.310 e. The Labute approximate surface area is 209 Å². The van der Waals surface area contributed by atoms with Gasteiger partial charge in [0.15, 0.2) is 0 Å². The first-order valence-corrected chi connectivity index (χ1v) is 15.7. The van der Waals surface area contributed by atoms with Crippen molar-refractivity contribution in [3.8, 4) is 0 Å². The number of hydrogen-bond acceptors (Lipinski definition) is 7. The third-order valence-corrected chi connectivity index (χ3v) is 12.3. The highest BCUT2D eigenvalue weighted by atomic mass is 35.5. The van der Waals surface area contributed by atoms with Gasteiger partial charge in [-0.1, -0.05) is 47.6 Å². The van der Waals surface area contributed by atoms with Gasteiger partial charge >= 0.3 is 0 Å². The maximum atomic E-state index is 3.77. The van der Waals surface area contributed by atoms with Crippen LogP contribution in [0.25, 0.3) is 0 Å². The highest BCUT2D eigenvalue weighted by molar-refractivity contribution is 9.09. The molecular formula is C22H37ClN2S5. The number of rotatable bonds is 14. The van der Waals surface area contributed by atoms with Gasteiger partial charge in [-0.3, -0.25) is 0 Å². The summed E-state index contributed by atoms with van der Waals surface area (Å²) in [6.07, 6.45) is 2.32. The van der Waals surface area contributed by atoms with Crippen LogP contribution in [-0.2, 0) is 0 Å². The third-order valence-electron chi connectivity index (χ3n) is 4.85. The molecule has 8 heteroatoms. The van der Waals surface area contributed by atoms with E-state index in [0.29, 0.717) is 10.5 Å². The summed E-state index contributed by atoms with van der Waals surface area (Å²) in [5.41, 5.74) is 0.0982. The van der Waals surface area contributed by atoms with Gasteiger partial charge in [0.25, 0.3) is 0 Å². The van der Waals surface area contributed by atoms with Crippen molar-refractivity contribution in [1.82, 2.24) is 10.6 Å². The minimum Gasteiger partial charge on any atom is -0.310 e. The van der Waals surface area contributed by atoms with E-state index in [9.17, 15) is 0 Å². The normalized spacial score (nSPS) is 14.3. The first-order valence-electron chi connectivity index (χ1n) is 10.4. The van der Waals surface area contributed by atoms with E-state index in [1.807, 2.05) is 54.1 Å². The van der Waals surface area contributed by atoms with Crippen LogP contribution in [0.5, 0.6) is 0 Å². The summed E-state index contributed by atoms with van der Waals surface area (Å²) in [5.74, 6) is 0. The number of thiophene rings is 2. The molecule has 0 fully saturated rings. The molecule has 2 aromatic heterocycles. The Morgan fingerprint density at radius 2 is 1.20 bits per heavy atom. The van der Waals surface area contributed by atoms with Gasteiger partial charge in [0.1, 0.15) is 0 Å². The van der Waals surface area contributed by atoms with E-state index in [1.54, 1.807) is 0 Å². The van der Waals surface area contributed by atoms with E-state index in [2.05, 4.69) is 87.2 Å². The Morgan fingerprint density at radius 3 is 1.50 bits per heavy atom. The molecule has 0 aromatic carbocycles. The molecule has 0 aliphatic heterocycles. The van der Waals surface area contributed by atoms with Crippen LogP contribution in [0.3, 0.4) is 0 Å². The SMILES string of the molecule is CCCNC(C)(C)C(SSSC(c1cccs1)C(C)(C)NCCC)c1cccs1.Cl. The molecule has 2 heterocycles. The van der Waals surface area contributed by atoms with Crippen LogP contribution in [0.2, 0.25) is 0 Å². The molecule has 0 saturated carbocycles. The highest BCUT2D eigenvalue weighted by Gasteiger charge is 2.35. The molecule has 30 heavy (non-hydrogen) atoms. The molecule has 2 aromatic rings. The van der Waals surface area contributed by atoms with Gasteiger partial charge in [-0.2, -0.15) is 0 Å². The lowest BCUT2D eigenvalue weighted by atomic mass is 9.98. The maximum absolute atomic E-state index is 3.77. The molecule has 2 atom stereocenters. The summed E-state index contributed by atoms with van der Waals surface area (Å²) in [6, 6.07) is 8.92. The minimum atomic E-state index is 0. The molecule has 0 amide bonds. The summed E-state index contributed by atoms with van der Waals surface area (Å²) in [4.78, 5) is 2.90. The quantitative estimate of drug-likeness (QED) is 0.241. The first kappa shape index (κ1) is 28.7. The van der Waals surface area contributed by atoms with Crippen LogP contribution in [0, 0.1) is 0 Å². The fourth-order valence-corrected chi connectivity index (χ4v) is 11.6. The molecular weight excluding hydrogens is 488 g/mol. The van der Waals surface area contributed by atoms with E-state index in [4.69, 9.17) is 0 Å². The Morgan fingerprint density at radius 1 is 0.800 bits per heavy atom. The van der Waals surface area contributed by atoms with Gasteiger partial charge in [0.2, 0.25) is 0 Å². The van der Waals surface area contributed by atoms with E-state index in [-0.39, 0.29) is 23.5 Å². The van der Waals surface area contributed by atoms with Gasteiger partial charge in [-0.15, -0.1) is 35.1 Å². The predicted molar refractivity (Wildman–Crippen MR) is 149 cm³/mol. The molecule has 0 aliphatic rings. The smallest absolute Gasteiger partial charge is 0.0679 e. The second-order valence-corrected chi connectivity index (χ2v) is 14.6. The lowest BCUT2D eigenvalue weighted by molar-refractivity contribution is 0.384. The van der Waals surface area contributed by atoms with Crippen molar-refractivity contribution in [2.24, 2.45) is 0 Å². The second kappa shape index (κ2) is 14.0. The Balaban J connectivity index is 0.00000450. The van der Waals surface area contributed by atoms with Crippen LogP contribution >= 0.6 is 66.5 Å². The monoisotopic (exact) mass is 524 g/mol. The van der Waals surface area contributed by atoms with Gasteiger partial charge < -0.3 is 10.6 Å². The zero-order valence-corrected chi connectivity index (χ0v) is 23.8. The molecule has 0 spiro atoms. The van der Waals surface area contributed by atoms with Crippen LogP contribution in [0.4, 0.5) is 0 Å². The number of halogens is 1. The summed E-state index contributed by atoms with van der Waals surface area (Å²) in [7, 11) is 5.97. The Kier molecular flexibility index (Phi) is 13.4. The van der Waals surface area contributed by atoms with Crippen LogP contribution < -0.4 is 10.6 Å². The fraction of sp³-hybridized carbons (Fsp3) is 0.636. The van der Waals surface area contributed by atoms with Crippen LogP contribution in [0.1, 0.15) is 74.6 Å². The molecule has 2 rings (SSSR count). The Hall–Kier alpha value is 0.660. The molecule has 2 unspecified atom stereocenters. The van der Waals surface area contributed by atoms with Crippen molar-refractivity contribution in [1.29, 1.82) is 0 Å². The third kappa shape index (κ3) is 8.54. The molecule has 0 bridgehead atoms. The predicted octanol–water partition coefficient (Wildman–Crippen LogP) is 8.60. The zero-order valence-electron chi connectivity index (χ0n) is 18.9. The van der Waals surface area contributed by atoms with Crippen molar-refractivity contribution >= 4 is 66.5 Å². The molecule has 0 radical (unpaired) electrons. The van der Waals surface area contributed by atoms with Crippen molar-refractivity contribution < 1.29 is 0 Å². The van der Waals surface area contributed by atoms with Crippen molar-refractivity contribution in [2.75, 3.05) is 13.1 Å². The lowest BCUT2D eigenvalue weighted by Gasteiger charge is -2.36. The van der Waals surface area contributed by atoms with Gasteiger partial charge in [0.05, 0.1) is 10.5 Å². The number of nitrogens with one attached hydrogen (secondary N) is 2. The first-order chi connectivity index (χ1) is 13.8.